The molecule has 0 saturated heterocycles. The molecule has 34 heavy (non-hydrogen) atoms. The Morgan fingerprint density at radius 3 is 2.53 bits per heavy atom. The number of sulfonamides is 1. The SMILES string of the molecule is CCN(CC)S(=O)(=O)c1cc(NCC(=O)N2N=C(c3ccco3)CC2c2ccco2)ccc1C. The lowest BCUT2D eigenvalue weighted by molar-refractivity contribution is -0.131. The van der Waals surface area contributed by atoms with E-state index in [0.717, 1.165) is 0 Å². The summed E-state index contributed by atoms with van der Waals surface area (Å²) in [6, 6.07) is 11.8. The number of nitrogens with zero attached hydrogens (tertiary/aromatic N) is 3. The molecule has 1 N–H and O–H groups in total. The third-order valence-corrected chi connectivity index (χ3v) is 7.99. The first-order valence-electron chi connectivity index (χ1n) is 11.2. The summed E-state index contributed by atoms with van der Waals surface area (Å²) in [7, 11) is -3.63. The fourth-order valence-corrected chi connectivity index (χ4v) is 5.69. The Morgan fingerprint density at radius 1 is 1.15 bits per heavy atom. The number of nitrogens with one attached hydrogen (secondary N) is 1. The molecule has 1 atom stereocenters. The zero-order valence-electron chi connectivity index (χ0n) is 19.4. The van der Waals surface area contributed by atoms with Gasteiger partial charge < -0.3 is 14.2 Å². The van der Waals surface area contributed by atoms with Crippen LogP contribution in [0.15, 0.2) is 73.8 Å². The van der Waals surface area contributed by atoms with Gasteiger partial charge in [0.1, 0.15) is 23.3 Å². The van der Waals surface area contributed by atoms with Gasteiger partial charge in [-0.3, -0.25) is 4.79 Å². The summed E-state index contributed by atoms with van der Waals surface area (Å²) in [6.07, 6.45) is 3.59. The standard InChI is InChI=1S/C24H28N4O5S/c1-4-27(5-2)34(30,31)23-14-18(11-10-17(23)3)25-16-24(29)28-20(22-9-7-13-33-22)15-19(26-28)21-8-6-12-32-21/h6-14,20,25H,4-5,15-16H2,1-3H3. The Bertz CT molecular complexity index is 1260. The molecule has 0 bridgehead atoms. The van der Waals surface area contributed by atoms with E-state index in [0.29, 0.717) is 48.0 Å². The number of hydrazone groups is 1. The van der Waals surface area contributed by atoms with Gasteiger partial charge in [-0.25, -0.2) is 13.4 Å². The molecule has 4 rings (SSSR count). The van der Waals surface area contributed by atoms with E-state index in [1.807, 2.05) is 6.07 Å². The third kappa shape index (κ3) is 4.64. The quantitative estimate of drug-likeness (QED) is 0.492. The molecule has 0 spiro atoms. The summed E-state index contributed by atoms with van der Waals surface area (Å²) >= 11 is 0. The second-order valence-corrected chi connectivity index (χ2v) is 9.83. The van der Waals surface area contributed by atoms with Crippen molar-refractivity contribution in [2.75, 3.05) is 25.0 Å². The van der Waals surface area contributed by atoms with Gasteiger partial charge in [0, 0.05) is 25.2 Å². The summed E-state index contributed by atoms with van der Waals surface area (Å²) in [4.78, 5) is 13.4. The van der Waals surface area contributed by atoms with E-state index >= 15 is 0 Å². The average Bonchev–Trinajstić information content (AvgIpc) is 3.60. The lowest BCUT2D eigenvalue weighted by atomic mass is 10.1. The number of hydrogen-bond acceptors (Lipinski definition) is 7. The van der Waals surface area contributed by atoms with Gasteiger partial charge in [0.15, 0.2) is 0 Å². The molecule has 9 nitrogen and oxygen atoms in total. The molecule has 10 heteroatoms. The van der Waals surface area contributed by atoms with Crippen molar-refractivity contribution in [1.82, 2.24) is 9.31 Å². The zero-order valence-corrected chi connectivity index (χ0v) is 20.2. The van der Waals surface area contributed by atoms with Crippen LogP contribution >= 0.6 is 0 Å². The largest absolute Gasteiger partial charge is 0.467 e. The number of furan rings is 2. The van der Waals surface area contributed by atoms with Gasteiger partial charge in [-0.2, -0.15) is 9.41 Å². The Balaban J connectivity index is 1.53. The third-order valence-electron chi connectivity index (χ3n) is 5.80. The van der Waals surface area contributed by atoms with E-state index in [4.69, 9.17) is 8.83 Å². The molecule has 0 radical (unpaired) electrons. The highest BCUT2D eigenvalue weighted by Gasteiger charge is 2.35. The van der Waals surface area contributed by atoms with Gasteiger partial charge in [-0.05, 0) is 48.9 Å². The highest BCUT2D eigenvalue weighted by atomic mass is 32.2. The van der Waals surface area contributed by atoms with Gasteiger partial charge >= 0.3 is 0 Å². The molecule has 3 aromatic rings. The van der Waals surface area contributed by atoms with Crippen LogP contribution < -0.4 is 5.32 Å². The fourth-order valence-electron chi connectivity index (χ4n) is 3.98. The highest BCUT2D eigenvalue weighted by molar-refractivity contribution is 7.89. The molecule has 0 fully saturated rings. The summed E-state index contributed by atoms with van der Waals surface area (Å²) in [5.41, 5.74) is 1.84. The maximum atomic E-state index is 13.1. The molecule has 1 aliphatic rings. The molecule has 180 valence electrons. The second-order valence-electron chi connectivity index (χ2n) is 7.92. The number of carbonyl (C=O) groups excluding carboxylic acids is 1. The first-order valence-corrected chi connectivity index (χ1v) is 12.6. The number of anilines is 1. The zero-order chi connectivity index (χ0) is 24.3. The summed E-state index contributed by atoms with van der Waals surface area (Å²) < 4.78 is 38.5. The highest BCUT2D eigenvalue weighted by Crippen LogP contribution is 2.33. The Hall–Kier alpha value is -3.37. The molecule has 3 heterocycles. The molecule has 0 saturated carbocycles. The molecule has 1 aromatic carbocycles. The monoisotopic (exact) mass is 484 g/mol. The Labute approximate surface area is 199 Å². The maximum Gasteiger partial charge on any atom is 0.262 e. The van der Waals surface area contributed by atoms with Crippen LogP contribution in [0.3, 0.4) is 0 Å². The average molecular weight is 485 g/mol. The van der Waals surface area contributed by atoms with E-state index in [9.17, 15) is 13.2 Å². The molecule has 1 amide bonds. The smallest absolute Gasteiger partial charge is 0.262 e. The summed E-state index contributed by atoms with van der Waals surface area (Å²) in [5, 5.41) is 8.95. The minimum Gasteiger partial charge on any atom is -0.467 e. The van der Waals surface area contributed by atoms with Crippen LogP contribution in [0.2, 0.25) is 0 Å². The maximum absolute atomic E-state index is 13.1. The fraction of sp³-hybridized carbons (Fsp3) is 0.333. The Morgan fingerprint density at radius 2 is 1.88 bits per heavy atom. The summed E-state index contributed by atoms with van der Waals surface area (Å²) in [5.74, 6) is 0.947. The molecule has 2 aromatic heterocycles. The normalized spacial score (nSPS) is 16.2. The van der Waals surface area contributed by atoms with Crippen molar-refractivity contribution >= 4 is 27.3 Å². The number of hydrogen-bond donors (Lipinski definition) is 1. The number of amides is 1. The topological polar surface area (TPSA) is 108 Å². The van der Waals surface area contributed by atoms with Crippen LogP contribution in [0.4, 0.5) is 5.69 Å². The predicted molar refractivity (Wildman–Crippen MR) is 128 cm³/mol. The van der Waals surface area contributed by atoms with E-state index in [2.05, 4.69) is 10.4 Å². The van der Waals surface area contributed by atoms with Crippen molar-refractivity contribution in [3.05, 3.63) is 72.1 Å². The van der Waals surface area contributed by atoms with E-state index < -0.39 is 10.0 Å². The van der Waals surface area contributed by atoms with E-state index in [-0.39, 0.29) is 23.4 Å². The van der Waals surface area contributed by atoms with Crippen molar-refractivity contribution in [2.24, 2.45) is 5.10 Å². The number of benzene rings is 1. The lowest BCUT2D eigenvalue weighted by Gasteiger charge is -2.21. The van der Waals surface area contributed by atoms with Gasteiger partial charge in [0.2, 0.25) is 10.0 Å². The van der Waals surface area contributed by atoms with Crippen LogP contribution in [-0.2, 0) is 14.8 Å². The van der Waals surface area contributed by atoms with Gasteiger partial charge in [-0.1, -0.05) is 19.9 Å². The van der Waals surface area contributed by atoms with Crippen molar-refractivity contribution < 1.29 is 22.0 Å². The molecular weight excluding hydrogens is 456 g/mol. The van der Waals surface area contributed by atoms with Gasteiger partial charge in [-0.15, -0.1) is 0 Å². The molecule has 0 aliphatic carbocycles. The van der Waals surface area contributed by atoms with Crippen molar-refractivity contribution in [3.63, 3.8) is 0 Å². The summed E-state index contributed by atoms with van der Waals surface area (Å²) in [6.45, 7) is 6.07. The Kier molecular flexibility index (Phi) is 6.90. The molecular formula is C24H28N4O5S. The molecule has 1 unspecified atom stereocenters. The van der Waals surface area contributed by atoms with Crippen molar-refractivity contribution in [1.29, 1.82) is 0 Å². The van der Waals surface area contributed by atoms with E-state index in [1.165, 1.54) is 9.31 Å². The van der Waals surface area contributed by atoms with Gasteiger partial charge in [0.05, 0.1) is 24.0 Å². The number of aryl methyl sites for hydroxylation is 1. The van der Waals surface area contributed by atoms with E-state index in [1.54, 1.807) is 69.7 Å². The van der Waals surface area contributed by atoms with Crippen LogP contribution in [0, 0.1) is 6.92 Å². The lowest BCUT2D eigenvalue weighted by Crippen LogP contribution is -2.32. The van der Waals surface area contributed by atoms with Crippen molar-refractivity contribution in [3.8, 4) is 0 Å². The minimum atomic E-state index is -3.63. The number of rotatable bonds is 9. The minimum absolute atomic E-state index is 0.0695. The van der Waals surface area contributed by atoms with Gasteiger partial charge in [0.25, 0.3) is 5.91 Å². The predicted octanol–water partition coefficient (Wildman–Crippen LogP) is 4.00. The van der Waals surface area contributed by atoms with Crippen LogP contribution in [0.5, 0.6) is 0 Å². The van der Waals surface area contributed by atoms with Crippen molar-refractivity contribution in [2.45, 2.75) is 38.1 Å². The number of carbonyl (C=O) groups is 1. The second kappa shape index (κ2) is 9.86. The molecule has 1 aliphatic heterocycles. The first kappa shape index (κ1) is 23.8. The first-order chi connectivity index (χ1) is 16.3. The van der Waals surface area contributed by atoms with Crippen LogP contribution in [0.1, 0.15) is 43.4 Å². The van der Waals surface area contributed by atoms with Crippen LogP contribution in [-0.4, -0.2) is 49.0 Å². The van der Waals surface area contributed by atoms with Crippen LogP contribution in [0.25, 0.3) is 0 Å².